The highest BCUT2D eigenvalue weighted by Crippen LogP contribution is 2.18. The van der Waals surface area contributed by atoms with Gasteiger partial charge in [0, 0.05) is 25.8 Å². The summed E-state index contributed by atoms with van der Waals surface area (Å²) >= 11 is 0. The maximum Gasteiger partial charge on any atom is 0.229 e. The van der Waals surface area contributed by atoms with Crippen LogP contribution in [0.3, 0.4) is 0 Å². The van der Waals surface area contributed by atoms with E-state index in [1.54, 1.807) is 0 Å². The Labute approximate surface area is 113 Å². The van der Waals surface area contributed by atoms with E-state index < -0.39 is 23.2 Å². The third-order valence-corrected chi connectivity index (χ3v) is 2.94. The minimum atomic E-state index is -0.883. The zero-order valence-electron chi connectivity index (χ0n) is 10.5. The Kier molecular flexibility index (Phi) is 4.07. The number of nitrogens with one attached hydrogen (secondary N) is 1. The Hall–Kier alpha value is -2.31. The number of nitrogens with zero attached hydrogens (tertiary/aromatic N) is 1. The van der Waals surface area contributed by atoms with Crippen molar-refractivity contribution >= 4 is 23.4 Å². The van der Waals surface area contributed by atoms with Gasteiger partial charge in [0.05, 0.1) is 0 Å². The quantitative estimate of drug-likeness (QED) is 0.850. The van der Waals surface area contributed by atoms with Gasteiger partial charge in [0.2, 0.25) is 17.7 Å². The third-order valence-electron chi connectivity index (χ3n) is 2.94. The van der Waals surface area contributed by atoms with Crippen molar-refractivity contribution in [2.45, 2.75) is 19.3 Å². The molecule has 1 N–H and O–H groups in total. The Morgan fingerprint density at radius 3 is 2.25 bits per heavy atom. The summed E-state index contributed by atoms with van der Waals surface area (Å²) in [5, 5.41) is 2.09. The van der Waals surface area contributed by atoms with Gasteiger partial charge in [-0.05, 0) is 12.1 Å². The minimum Gasteiger partial charge on any atom is -0.321 e. The van der Waals surface area contributed by atoms with Crippen LogP contribution in [0.5, 0.6) is 0 Å². The van der Waals surface area contributed by atoms with Gasteiger partial charge < -0.3 is 5.32 Å². The standard InChI is InChI=1S/C13H12F2N2O3/c14-8-2-1-3-9(15)13(8)16-10(18)6-7-17-11(19)4-5-12(17)20/h1-3H,4-7H2,(H,16,18). The van der Waals surface area contributed by atoms with Gasteiger partial charge in [0.15, 0.2) is 0 Å². The van der Waals surface area contributed by atoms with Crippen molar-refractivity contribution in [2.75, 3.05) is 11.9 Å². The van der Waals surface area contributed by atoms with Crippen LogP contribution in [0.4, 0.5) is 14.5 Å². The number of imide groups is 1. The number of hydrogen-bond acceptors (Lipinski definition) is 3. The number of rotatable bonds is 4. The Morgan fingerprint density at radius 1 is 1.15 bits per heavy atom. The van der Waals surface area contributed by atoms with E-state index in [1.807, 2.05) is 0 Å². The Morgan fingerprint density at radius 2 is 1.70 bits per heavy atom. The second-order valence-corrected chi connectivity index (χ2v) is 4.33. The van der Waals surface area contributed by atoms with E-state index in [2.05, 4.69) is 5.32 Å². The van der Waals surface area contributed by atoms with Gasteiger partial charge >= 0.3 is 0 Å². The lowest BCUT2D eigenvalue weighted by Gasteiger charge is -2.13. The van der Waals surface area contributed by atoms with E-state index in [-0.39, 0.29) is 37.6 Å². The number of carbonyl (C=O) groups is 3. The van der Waals surface area contributed by atoms with Crippen LogP contribution in [0.1, 0.15) is 19.3 Å². The number of amides is 3. The fourth-order valence-electron chi connectivity index (χ4n) is 1.90. The van der Waals surface area contributed by atoms with Crippen LogP contribution in [-0.2, 0) is 14.4 Å². The van der Waals surface area contributed by atoms with Crippen LogP contribution in [0.25, 0.3) is 0 Å². The second kappa shape index (κ2) is 5.77. The first-order valence-electron chi connectivity index (χ1n) is 6.06. The maximum absolute atomic E-state index is 13.3. The molecule has 1 aromatic rings. The van der Waals surface area contributed by atoms with Gasteiger partial charge in [0.25, 0.3) is 0 Å². The van der Waals surface area contributed by atoms with Crippen LogP contribution in [0.2, 0.25) is 0 Å². The summed E-state index contributed by atoms with van der Waals surface area (Å²) in [5.74, 6) is -3.10. The average Bonchev–Trinajstić information content (AvgIpc) is 2.71. The first kappa shape index (κ1) is 14.1. The molecule has 1 aromatic carbocycles. The minimum absolute atomic E-state index is 0.0838. The molecule has 1 fully saturated rings. The predicted molar refractivity (Wildman–Crippen MR) is 65.6 cm³/mol. The highest BCUT2D eigenvalue weighted by atomic mass is 19.1. The number of para-hydroxylation sites is 1. The fraction of sp³-hybridized carbons (Fsp3) is 0.308. The molecule has 0 aromatic heterocycles. The number of likely N-dealkylation sites (tertiary alicyclic amines) is 1. The second-order valence-electron chi connectivity index (χ2n) is 4.33. The molecular formula is C13H12F2N2O3. The number of hydrogen-bond donors (Lipinski definition) is 1. The van der Waals surface area contributed by atoms with Gasteiger partial charge in [-0.3, -0.25) is 19.3 Å². The van der Waals surface area contributed by atoms with E-state index in [9.17, 15) is 23.2 Å². The molecule has 3 amide bonds. The molecule has 0 unspecified atom stereocenters. The van der Waals surface area contributed by atoms with Crippen LogP contribution in [0, 0.1) is 11.6 Å². The van der Waals surface area contributed by atoms with Crippen LogP contribution in [-0.4, -0.2) is 29.2 Å². The van der Waals surface area contributed by atoms with E-state index in [4.69, 9.17) is 0 Å². The summed E-state index contributed by atoms with van der Waals surface area (Å²) in [6.45, 7) is -0.0838. The molecule has 1 saturated heterocycles. The topological polar surface area (TPSA) is 66.5 Å². The molecular weight excluding hydrogens is 270 g/mol. The lowest BCUT2D eigenvalue weighted by atomic mass is 10.2. The third kappa shape index (κ3) is 2.98. The SMILES string of the molecule is O=C(CCN1C(=O)CCC1=O)Nc1c(F)cccc1F. The molecule has 0 radical (unpaired) electrons. The summed E-state index contributed by atoms with van der Waals surface area (Å²) < 4.78 is 26.6. The normalized spacial score (nSPS) is 14.8. The molecule has 0 saturated carbocycles. The van der Waals surface area contributed by atoms with Crippen molar-refractivity contribution in [2.24, 2.45) is 0 Å². The monoisotopic (exact) mass is 282 g/mol. The molecule has 0 atom stereocenters. The summed E-state index contributed by atoms with van der Waals surface area (Å²) in [4.78, 5) is 35.2. The summed E-state index contributed by atoms with van der Waals surface area (Å²) in [6.07, 6.45) is 0.0794. The van der Waals surface area contributed by atoms with Gasteiger partial charge in [-0.15, -0.1) is 0 Å². The summed E-state index contributed by atoms with van der Waals surface area (Å²) in [6, 6.07) is 3.22. The highest BCUT2D eigenvalue weighted by molar-refractivity contribution is 6.02. The van der Waals surface area contributed by atoms with Crippen molar-refractivity contribution < 1.29 is 23.2 Å². The first-order chi connectivity index (χ1) is 9.49. The van der Waals surface area contributed by atoms with Crippen LogP contribution >= 0.6 is 0 Å². The number of anilines is 1. The van der Waals surface area contributed by atoms with Gasteiger partial charge in [-0.1, -0.05) is 6.07 Å². The van der Waals surface area contributed by atoms with Crippen LogP contribution in [0.15, 0.2) is 18.2 Å². The van der Waals surface area contributed by atoms with E-state index in [0.29, 0.717) is 0 Å². The predicted octanol–water partition coefficient (Wildman–Crippen LogP) is 1.44. The largest absolute Gasteiger partial charge is 0.321 e. The zero-order valence-corrected chi connectivity index (χ0v) is 10.5. The number of halogens is 2. The fourth-order valence-corrected chi connectivity index (χ4v) is 1.90. The molecule has 5 nitrogen and oxygen atoms in total. The van der Waals surface area contributed by atoms with Crippen molar-refractivity contribution in [3.63, 3.8) is 0 Å². The molecule has 1 aliphatic heterocycles. The van der Waals surface area contributed by atoms with E-state index in [0.717, 1.165) is 17.0 Å². The number of benzene rings is 1. The average molecular weight is 282 g/mol. The van der Waals surface area contributed by atoms with Crippen molar-refractivity contribution in [3.05, 3.63) is 29.8 Å². The summed E-state index contributed by atoms with van der Waals surface area (Å²) in [7, 11) is 0. The van der Waals surface area contributed by atoms with Crippen molar-refractivity contribution in [1.82, 2.24) is 4.90 Å². The number of carbonyl (C=O) groups excluding carboxylic acids is 3. The van der Waals surface area contributed by atoms with Gasteiger partial charge in [-0.2, -0.15) is 0 Å². The molecule has 0 aliphatic carbocycles. The first-order valence-corrected chi connectivity index (χ1v) is 6.06. The zero-order chi connectivity index (χ0) is 14.7. The van der Waals surface area contributed by atoms with Gasteiger partial charge in [-0.25, -0.2) is 8.78 Å². The molecule has 7 heteroatoms. The molecule has 20 heavy (non-hydrogen) atoms. The van der Waals surface area contributed by atoms with Crippen molar-refractivity contribution in [1.29, 1.82) is 0 Å². The van der Waals surface area contributed by atoms with Crippen LogP contribution < -0.4 is 5.32 Å². The molecule has 0 bridgehead atoms. The van der Waals surface area contributed by atoms with E-state index >= 15 is 0 Å². The Balaban J connectivity index is 1.93. The lowest BCUT2D eigenvalue weighted by molar-refractivity contribution is -0.138. The smallest absolute Gasteiger partial charge is 0.229 e. The summed E-state index contributed by atoms with van der Waals surface area (Å²) in [5.41, 5.74) is -0.531. The molecule has 1 heterocycles. The molecule has 0 spiro atoms. The van der Waals surface area contributed by atoms with Gasteiger partial charge in [0.1, 0.15) is 17.3 Å². The molecule has 2 rings (SSSR count). The highest BCUT2D eigenvalue weighted by Gasteiger charge is 2.28. The maximum atomic E-state index is 13.3. The lowest BCUT2D eigenvalue weighted by Crippen LogP contribution is -2.32. The van der Waals surface area contributed by atoms with Crippen molar-refractivity contribution in [3.8, 4) is 0 Å². The van der Waals surface area contributed by atoms with E-state index in [1.165, 1.54) is 6.07 Å². The molecule has 106 valence electrons. The Bertz CT molecular complexity index is 538. The molecule has 1 aliphatic rings.